The van der Waals surface area contributed by atoms with Gasteiger partial charge in [0.1, 0.15) is 11.3 Å². The molecule has 0 bridgehead atoms. The van der Waals surface area contributed by atoms with Crippen molar-refractivity contribution in [3.8, 4) is 5.75 Å². The summed E-state index contributed by atoms with van der Waals surface area (Å²) in [7, 11) is 1.86. The fourth-order valence-corrected chi connectivity index (χ4v) is 1.60. The lowest BCUT2D eigenvalue weighted by molar-refractivity contribution is 0.342. The van der Waals surface area contributed by atoms with Crippen molar-refractivity contribution in [2.24, 2.45) is 7.05 Å². The number of ether oxygens (including phenoxy) is 1. The van der Waals surface area contributed by atoms with E-state index in [2.05, 4.69) is 5.10 Å². The van der Waals surface area contributed by atoms with Crippen LogP contribution in [0, 0.1) is 0 Å². The second kappa shape index (κ2) is 3.21. The van der Waals surface area contributed by atoms with Gasteiger partial charge in [0.25, 0.3) is 0 Å². The number of hydrogen-bond acceptors (Lipinski definition) is 3. The van der Waals surface area contributed by atoms with Gasteiger partial charge < -0.3 is 10.5 Å². The summed E-state index contributed by atoms with van der Waals surface area (Å²) < 4.78 is 7.24. The minimum atomic E-state index is 0.545. The number of para-hydroxylation sites is 1. The number of aromatic nitrogens is 2. The van der Waals surface area contributed by atoms with Crippen LogP contribution in [0.4, 0.5) is 5.82 Å². The molecule has 1 heterocycles. The van der Waals surface area contributed by atoms with Gasteiger partial charge >= 0.3 is 0 Å². The molecule has 4 heteroatoms. The first-order valence-electron chi connectivity index (χ1n) is 4.58. The minimum Gasteiger partial charge on any atom is -0.492 e. The highest BCUT2D eigenvalue weighted by atomic mass is 16.5. The molecule has 0 saturated carbocycles. The van der Waals surface area contributed by atoms with E-state index in [0.29, 0.717) is 12.4 Å². The lowest BCUT2D eigenvalue weighted by Crippen LogP contribution is -1.96. The Morgan fingerprint density at radius 1 is 1.50 bits per heavy atom. The first-order valence-corrected chi connectivity index (χ1v) is 4.58. The van der Waals surface area contributed by atoms with Crippen molar-refractivity contribution in [1.29, 1.82) is 0 Å². The molecule has 0 fully saturated rings. The average molecular weight is 191 g/mol. The smallest absolute Gasteiger partial charge is 0.153 e. The number of nitrogens with zero attached hydrogens (tertiary/aromatic N) is 2. The van der Waals surface area contributed by atoms with Gasteiger partial charge in [0.05, 0.1) is 6.61 Å². The molecule has 4 nitrogen and oxygen atoms in total. The molecule has 0 radical (unpaired) electrons. The number of nitrogens with two attached hydrogens (primary N) is 1. The van der Waals surface area contributed by atoms with Crippen LogP contribution in [0.25, 0.3) is 10.9 Å². The predicted molar refractivity (Wildman–Crippen MR) is 56.3 cm³/mol. The molecule has 14 heavy (non-hydrogen) atoms. The number of fused-ring (bicyclic) bond motifs is 1. The molecule has 0 aliphatic carbocycles. The standard InChI is InChI=1S/C10H13N3O/c1-3-14-8-6-4-5-7-9(8)13(2)12-10(7)11/h4-6H,3H2,1-2H3,(H2,11,12). The maximum absolute atomic E-state index is 5.75. The summed E-state index contributed by atoms with van der Waals surface area (Å²) in [5, 5.41) is 5.09. The van der Waals surface area contributed by atoms with Crippen molar-refractivity contribution in [1.82, 2.24) is 9.78 Å². The molecule has 0 aliphatic rings. The molecule has 0 amide bonds. The molecule has 2 rings (SSSR count). The lowest BCUT2D eigenvalue weighted by atomic mass is 10.2. The molecule has 2 N–H and O–H groups in total. The maximum atomic E-state index is 5.75. The van der Waals surface area contributed by atoms with E-state index in [1.54, 1.807) is 4.68 Å². The summed E-state index contributed by atoms with van der Waals surface area (Å²) in [4.78, 5) is 0. The van der Waals surface area contributed by atoms with Crippen LogP contribution in [0.15, 0.2) is 18.2 Å². The molecule has 2 aromatic rings. The molecule has 0 unspecified atom stereocenters. The zero-order chi connectivity index (χ0) is 10.1. The third-order valence-corrected chi connectivity index (χ3v) is 2.16. The Balaban J connectivity index is 2.72. The molecule has 0 spiro atoms. The molecular formula is C10H13N3O. The number of aryl methyl sites for hydroxylation is 1. The zero-order valence-corrected chi connectivity index (χ0v) is 8.32. The van der Waals surface area contributed by atoms with Crippen LogP contribution in [0.1, 0.15) is 6.92 Å². The van der Waals surface area contributed by atoms with Crippen LogP contribution in [0.3, 0.4) is 0 Å². The predicted octanol–water partition coefficient (Wildman–Crippen LogP) is 1.55. The summed E-state index contributed by atoms with van der Waals surface area (Å²) in [6.45, 7) is 2.60. The van der Waals surface area contributed by atoms with Crippen molar-refractivity contribution in [3.63, 3.8) is 0 Å². The molecule has 0 aliphatic heterocycles. The topological polar surface area (TPSA) is 53.1 Å². The van der Waals surface area contributed by atoms with E-state index in [9.17, 15) is 0 Å². The van der Waals surface area contributed by atoms with E-state index in [4.69, 9.17) is 10.5 Å². The van der Waals surface area contributed by atoms with Crippen molar-refractivity contribution in [3.05, 3.63) is 18.2 Å². The summed E-state index contributed by atoms with van der Waals surface area (Å²) in [5.74, 6) is 1.38. The quantitative estimate of drug-likeness (QED) is 0.783. The number of benzene rings is 1. The van der Waals surface area contributed by atoms with E-state index >= 15 is 0 Å². The summed E-state index contributed by atoms with van der Waals surface area (Å²) in [6, 6.07) is 5.79. The van der Waals surface area contributed by atoms with E-state index in [1.165, 1.54) is 0 Å². The molecule has 0 atom stereocenters. The fraction of sp³-hybridized carbons (Fsp3) is 0.300. The van der Waals surface area contributed by atoms with Gasteiger partial charge in [-0.15, -0.1) is 0 Å². The zero-order valence-electron chi connectivity index (χ0n) is 8.32. The SMILES string of the molecule is CCOc1cccc2c(N)nn(C)c12. The Morgan fingerprint density at radius 2 is 2.29 bits per heavy atom. The second-order valence-corrected chi connectivity index (χ2v) is 3.09. The maximum Gasteiger partial charge on any atom is 0.153 e. The number of hydrogen-bond donors (Lipinski definition) is 1. The van der Waals surface area contributed by atoms with Crippen LogP contribution in [0.5, 0.6) is 5.75 Å². The Hall–Kier alpha value is -1.71. The number of rotatable bonds is 2. The highest BCUT2D eigenvalue weighted by Gasteiger charge is 2.09. The van der Waals surface area contributed by atoms with Gasteiger partial charge in [0, 0.05) is 12.4 Å². The Bertz CT molecular complexity index is 462. The summed E-state index contributed by atoms with van der Waals surface area (Å²) >= 11 is 0. The monoisotopic (exact) mass is 191 g/mol. The summed E-state index contributed by atoms with van der Waals surface area (Å²) in [5.41, 5.74) is 6.71. The third-order valence-electron chi connectivity index (χ3n) is 2.16. The van der Waals surface area contributed by atoms with E-state index in [1.807, 2.05) is 32.2 Å². The fourth-order valence-electron chi connectivity index (χ4n) is 1.60. The van der Waals surface area contributed by atoms with Gasteiger partial charge in [-0.2, -0.15) is 5.10 Å². The average Bonchev–Trinajstić information content (AvgIpc) is 2.44. The highest BCUT2D eigenvalue weighted by Crippen LogP contribution is 2.28. The van der Waals surface area contributed by atoms with Gasteiger partial charge in [-0.3, -0.25) is 4.68 Å². The molecule has 74 valence electrons. The minimum absolute atomic E-state index is 0.545. The van der Waals surface area contributed by atoms with Crippen molar-refractivity contribution in [2.45, 2.75) is 6.92 Å². The van der Waals surface area contributed by atoms with Crippen molar-refractivity contribution in [2.75, 3.05) is 12.3 Å². The Kier molecular flexibility index (Phi) is 2.04. The molecule has 1 aromatic carbocycles. The van der Waals surface area contributed by atoms with Crippen LogP contribution in [0.2, 0.25) is 0 Å². The molecule has 1 aromatic heterocycles. The van der Waals surface area contributed by atoms with Crippen LogP contribution >= 0.6 is 0 Å². The van der Waals surface area contributed by atoms with Crippen LogP contribution in [-0.2, 0) is 7.05 Å². The van der Waals surface area contributed by atoms with Gasteiger partial charge in [0.15, 0.2) is 5.82 Å². The summed E-state index contributed by atoms with van der Waals surface area (Å²) in [6.07, 6.45) is 0. The van der Waals surface area contributed by atoms with Gasteiger partial charge in [0.2, 0.25) is 0 Å². The second-order valence-electron chi connectivity index (χ2n) is 3.09. The highest BCUT2D eigenvalue weighted by molar-refractivity contribution is 5.93. The van der Waals surface area contributed by atoms with Gasteiger partial charge in [-0.25, -0.2) is 0 Å². The normalized spacial score (nSPS) is 10.7. The van der Waals surface area contributed by atoms with E-state index in [-0.39, 0.29) is 0 Å². The van der Waals surface area contributed by atoms with Gasteiger partial charge in [-0.1, -0.05) is 6.07 Å². The van der Waals surface area contributed by atoms with Crippen molar-refractivity contribution < 1.29 is 4.74 Å². The Labute approximate surface area is 82.3 Å². The number of anilines is 1. The van der Waals surface area contributed by atoms with Crippen LogP contribution < -0.4 is 10.5 Å². The molecule has 0 saturated heterocycles. The lowest BCUT2D eigenvalue weighted by Gasteiger charge is -2.04. The van der Waals surface area contributed by atoms with Crippen LogP contribution in [-0.4, -0.2) is 16.4 Å². The largest absolute Gasteiger partial charge is 0.492 e. The van der Waals surface area contributed by atoms with E-state index in [0.717, 1.165) is 16.7 Å². The number of nitrogen functional groups attached to an aromatic ring is 1. The van der Waals surface area contributed by atoms with Crippen molar-refractivity contribution >= 4 is 16.7 Å². The third kappa shape index (κ3) is 1.19. The first-order chi connectivity index (χ1) is 6.74. The Morgan fingerprint density at radius 3 is 3.00 bits per heavy atom. The first kappa shape index (κ1) is 8.87. The van der Waals surface area contributed by atoms with E-state index < -0.39 is 0 Å². The molecular weight excluding hydrogens is 178 g/mol. The van der Waals surface area contributed by atoms with Gasteiger partial charge in [-0.05, 0) is 19.1 Å².